The number of hydrogen-bond acceptors (Lipinski definition) is 3. The molecule has 3 nitrogen and oxygen atoms in total. The molecule has 0 bridgehead atoms. The van der Waals surface area contributed by atoms with E-state index in [1.165, 1.54) is 21.8 Å². The van der Waals surface area contributed by atoms with Gasteiger partial charge in [-0.1, -0.05) is 12.1 Å². The number of carbonyl (C=O) groups is 1. The van der Waals surface area contributed by atoms with Crippen molar-refractivity contribution >= 4 is 17.7 Å². The van der Waals surface area contributed by atoms with Gasteiger partial charge >= 0.3 is 5.97 Å². The van der Waals surface area contributed by atoms with Gasteiger partial charge in [0.1, 0.15) is 0 Å². The molecule has 0 aliphatic carbocycles. The average molecular weight is 249 g/mol. The second-order valence-corrected chi connectivity index (χ2v) is 5.83. The zero-order valence-electron chi connectivity index (χ0n) is 9.48. The summed E-state index contributed by atoms with van der Waals surface area (Å²) in [4.78, 5) is 12.3. The molecule has 1 aromatic carbocycles. The Hall–Kier alpha value is -1.00. The first-order chi connectivity index (χ1) is 8.24. The summed E-state index contributed by atoms with van der Waals surface area (Å²) in [7, 11) is 0. The molecule has 2 atom stereocenters. The average Bonchev–Trinajstić information content (AvgIpc) is 2.97. The molecule has 90 valence electrons. The van der Waals surface area contributed by atoms with Crippen molar-refractivity contribution < 1.29 is 9.90 Å². The van der Waals surface area contributed by atoms with E-state index in [4.69, 9.17) is 5.11 Å². The van der Waals surface area contributed by atoms with E-state index >= 15 is 0 Å². The Labute approximate surface area is 105 Å². The van der Waals surface area contributed by atoms with Gasteiger partial charge in [-0.3, -0.25) is 4.79 Å². The van der Waals surface area contributed by atoms with Gasteiger partial charge in [-0.15, -0.1) is 11.8 Å². The number of aliphatic carboxylic acids is 1. The number of carboxylic acid groups (broad SMARTS) is 1. The molecule has 2 aliphatic rings. The van der Waals surface area contributed by atoms with Gasteiger partial charge < -0.3 is 10.4 Å². The highest BCUT2D eigenvalue weighted by atomic mass is 32.2. The van der Waals surface area contributed by atoms with Crippen LogP contribution in [0.3, 0.4) is 0 Å². The standard InChI is InChI=1S/C13H15NO2S/c15-13(16)10-5-11(14-7-10)9-2-1-8-3-4-17-12(8)6-9/h1-2,6,10-11,14H,3-5,7H2,(H,15,16). The molecule has 0 aromatic heterocycles. The van der Waals surface area contributed by atoms with E-state index in [2.05, 4.69) is 23.5 Å². The molecule has 2 aliphatic heterocycles. The maximum absolute atomic E-state index is 10.9. The summed E-state index contributed by atoms with van der Waals surface area (Å²) in [5, 5.41) is 12.3. The molecule has 0 saturated carbocycles. The minimum Gasteiger partial charge on any atom is -0.481 e. The lowest BCUT2D eigenvalue weighted by Crippen LogP contribution is -2.17. The number of nitrogens with one attached hydrogen (secondary N) is 1. The first-order valence-electron chi connectivity index (χ1n) is 5.96. The molecule has 4 heteroatoms. The van der Waals surface area contributed by atoms with E-state index in [0.717, 1.165) is 6.42 Å². The highest BCUT2D eigenvalue weighted by molar-refractivity contribution is 7.99. The predicted octanol–water partition coefficient (Wildman–Crippen LogP) is 2.07. The zero-order valence-corrected chi connectivity index (χ0v) is 10.3. The minimum absolute atomic E-state index is 0.211. The lowest BCUT2D eigenvalue weighted by molar-refractivity contribution is -0.141. The number of rotatable bonds is 2. The van der Waals surface area contributed by atoms with Crippen LogP contribution in [0.15, 0.2) is 23.1 Å². The maximum atomic E-state index is 10.9. The normalized spacial score (nSPS) is 27.1. The lowest BCUT2D eigenvalue weighted by Gasteiger charge is -2.12. The third-order valence-corrected chi connectivity index (χ3v) is 4.70. The van der Waals surface area contributed by atoms with E-state index in [0.29, 0.717) is 13.0 Å². The van der Waals surface area contributed by atoms with Crippen LogP contribution < -0.4 is 5.32 Å². The van der Waals surface area contributed by atoms with Gasteiger partial charge in [0.15, 0.2) is 0 Å². The Morgan fingerprint density at radius 3 is 3.12 bits per heavy atom. The molecule has 2 heterocycles. The number of benzene rings is 1. The Morgan fingerprint density at radius 1 is 1.47 bits per heavy atom. The lowest BCUT2D eigenvalue weighted by atomic mass is 9.99. The molecule has 0 spiro atoms. The van der Waals surface area contributed by atoms with Crippen LogP contribution in [0.25, 0.3) is 0 Å². The number of carboxylic acids is 1. The Bertz CT molecular complexity index is 461. The summed E-state index contributed by atoms with van der Waals surface area (Å²) in [5.74, 6) is 0.255. The van der Waals surface area contributed by atoms with Gasteiger partial charge in [-0.2, -0.15) is 0 Å². The highest BCUT2D eigenvalue weighted by Crippen LogP contribution is 2.35. The first kappa shape index (κ1) is 11.1. The Balaban J connectivity index is 1.79. The first-order valence-corrected chi connectivity index (χ1v) is 6.94. The van der Waals surface area contributed by atoms with Crippen molar-refractivity contribution in [3.63, 3.8) is 0 Å². The summed E-state index contributed by atoms with van der Waals surface area (Å²) in [6, 6.07) is 6.78. The van der Waals surface area contributed by atoms with Crippen LogP contribution in [0.1, 0.15) is 23.6 Å². The van der Waals surface area contributed by atoms with Gasteiger partial charge in [0.25, 0.3) is 0 Å². The van der Waals surface area contributed by atoms with Crippen LogP contribution in [0.2, 0.25) is 0 Å². The van der Waals surface area contributed by atoms with Crippen molar-refractivity contribution in [2.24, 2.45) is 5.92 Å². The van der Waals surface area contributed by atoms with Crippen LogP contribution in [0.4, 0.5) is 0 Å². The van der Waals surface area contributed by atoms with Crippen LogP contribution in [-0.2, 0) is 11.2 Å². The summed E-state index contributed by atoms with van der Waals surface area (Å²) >= 11 is 1.90. The summed E-state index contributed by atoms with van der Waals surface area (Å²) in [6.45, 7) is 0.588. The maximum Gasteiger partial charge on any atom is 0.307 e. The van der Waals surface area contributed by atoms with E-state index < -0.39 is 5.97 Å². The molecule has 0 amide bonds. The second kappa shape index (κ2) is 4.35. The van der Waals surface area contributed by atoms with Crippen molar-refractivity contribution in [3.8, 4) is 0 Å². The molecular formula is C13H15NO2S. The zero-order chi connectivity index (χ0) is 11.8. The van der Waals surface area contributed by atoms with Crippen LogP contribution in [-0.4, -0.2) is 23.4 Å². The predicted molar refractivity (Wildman–Crippen MR) is 67.4 cm³/mol. The van der Waals surface area contributed by atoms with E-state index in [1.54, 1.807) is 0 Å². The number of aryl methyl sites for hydroxylation is 1. The fourth-order valence-corrected chi connectivity index (χ4v) is 3.69. The smallest absolute Gasteiger partial charge is 0.307 e. The van der Waals surface area contributed by atoms with Gasteiger partial charge in [0.05, 0.1) is 5.92 Å². The van der Waals surface area contributed by atoms with Crippen molar-refractivity contribution in [2.45, 2.75) is 23.8 Å². The summed E-state index contributed by atoms with van der Waals surface area (Å²) in [6.07, 6.45) is 1.87. The topological polar surface area (TPSA) is 49.3 Å². The monoisotopic (exact) mass is 249 g/mol. The quantitative estimate of drug-likeness (QED) is 0.842. The number of thioether (sulfide) groups is 1. The molecule has 17 heavy (non-hydrogen) atoms. The molecule has 0 radical (unpaired) electrons. The van der Waals surface area contributed by atoms with Crippen LogP contribution >= 0.6 is 11.8 Å². The van der Waals surface area contributed by atoms with Gasteiger partial charge in [-0.05, 0) is 30.0 Å². The highest BCUT2D eigenvalue weighted by Gasteiger charge is 2.30. The molecule has 1 fully saturated rings. The third kappa shape index (κ3) is 2.07. The fourth-order valence-electron chi connectivity index (χ4n) is 2.58. The van der Waals surface area contributed by atoms with E-state index in [1.807, 2.05) is 11.8 Å². The summed E-state index contributed by atoms with van der Waals surface area (Å²) in [5.41, 5.74) is 2.67. The van der Waals surface area contributed by atoms with Gasteiger partial charge in [-0.25, -0.2) is 0 Å². The SMILES string of the molecule is O=C(O)C1CNC(c2ccc3c(c2)SCC3)C1. The Kier molecular flexibility index (Phi) is 2.84. The number of fused-ring (bicyclic) bond motifs is 1. The largest absolute Gasteiger partial charge is 0.481 e. The minimum atomic E-state index is -0.685. The Morgan fingerprint density at radius 2 is 2.35 bits per heavy atom. The van der Waals surface area contributed by atoms with Crippen LogP contribution in [0, 0.1) is 5.92 Å². The van der Waals surface area contributed by atoms with Gasteiger partial charge in [0, 0.05) is 23.2 Å². The van der Waals surface area contributed by atoms with Crippen molar-refractivity contribution in [1.82, 2.24) is 5.32 Å². The second-order valence-electron chi connectivity index (χ2n) is 4.70. The van der Waals surface area contributed by atoms with E-state index in [9.17, 15) is 4.79 Å². The molecule has 1 saturated heterocycles. The molecular weight excluding hydrogens is 234 g/mol. The fraction of sp³-hybridized carbons (Fsp3) is 0.462. The van der Waals surface area contributed by atoms with Crippen molar-refractivity contribution in [1.29, 1.82) is 0 Å². The van der Waals surface area contributed by atoms with Crippen molar-refractivity contribution in [2.75, 3.05) is 12.3 Å². The van der Waals surface area contributed by atoms with Gasteiger partial charge in [0.2, 0.25) is 0 Å². The van der Waals surface area contributed by atoms with Crippen molar-refractivity contribution in [3.05, 3.63) is 29.3 Å². The molecule has 2 N–H and O–H groups in total. The third-order valence-electron chi connectivity index (χ3n) is 3.60. The summed E-state index contributed by atoms with van der Waals surface area (Å²) < 4.78 is 0. The number of hydrogen-bond donors (Lipinski definition) is 2. The van der Waals surface area contributed by atoms with Crippen LogP contribution in [0.5, 0.6) is 0 Å². The van der Waals surface area contributed by atoms with E-state index in [-0.39, 0.29) is 12.0 Å². The molecule has 1 aromatic rings. The molecule has 2 unspecified atom stereocenters. The molecule has 3 rings (SSSR count).